The lowest BCUT2D eigenvalue weighted by Gasteiger charge is -2.06. The van der Waals surface area contributed by atoms with E-state index in [0.29, 0.717) is 32.4 Å². The van der Waals surface area contributed by atoms with Gasteiger partial charge in [-0.15, -0.1) is 10.2 Å². The van der Waals surface area contributed by atoms with Crippen molar-refractivity contribution in [2.24, 2.45) is 0 Å². The molecule has 8 heteroatoms. The number of rotatable bonds is 3. The molecule has 3 heterocycles. The fraction of sp³-hybridized carbons (Fsp3) is 0.105. The predicted octanol–water partition coefficient (Wildman–Crippen LogP) is 5.06. The molecule has 0 aliphatic carbocycles. The van der Waals surface area contributed by atoms with Gasteiger partial charge in [-0.1, -0.05) is 46.5 Å². The van der Waals surface area contributed by atoms with E-state index < -0.39 is 0 Å². The van der Waals surface area contributed by atoms with Crippen molar-refractivity contribution in [2.45, 2.75) is 13.5 Å². The summed E-state index contributed by atoms with van der Waals surface area (Å²) in [6.45, 7) is 2.38. The van der Waals surface area contributed by atoms with E-state index in [1.165, 1.54) is 11.3 Å². The number of hydrogen-bond donors (Lipinski definition) is 0. The zero-order chi connectivity index (χ0) is 18.8. The van der Waals surface area contributed by atoms with Crippen LogP contribution in [0, 0.1) is 18.8 Å². The highest BCUT2D eigenvalue weighted by Gasteiger charge is 2.10. The first kappa shape index (κ1) is 17.8. The van der Waals surface area contributed by atoms with Crippen molar-refractivity contribution in [1.29, 1.82) is 0 Å². The van der Waals surface area contributed by atoms with E-state index in [-0.39, 0.29) is 0 Å². The highest BCUT2D eigenvalue weighted by molar-refractivity contribution is 7.15. The summed E-state index contributed by atoms with van der Waals surface area (Å²) < 4.78 is 7.10. The zero-order valence-electron chi connectivity index (χ0n) is 14.1. The summed E-state index contributed by atoms with van der Waals surface area (Å²) in [6.07, 6.45) is 3.47. The molecule has 0 unspecified atom stereocenters. The molecule has 1 aromatic carbocycles. The van der Waals surface area contributed by atoms with Crippen LogP contribution in [0.2, 0.25) is 10.0 Å². The molecule has 0 spiro atoms. The molecule has 0 N–H and O–H groups in total. The Hall–Kier alpha value is -2.59. The van der Waals surface area contributed by atoms with Crippen LogP contribution < -0.4 is 0 Å². The number of hydrogen-bond acceptors (Lipinski definition) is 5. The first-order chi connectivity index (χ1) is 13.1. The van der Waals surface area contributed by atoms with Gasteiger partial charge in [0.15, 0.2) is 15.8 Å². The molecular formula is C19H12Cl2N4OS. The van der Waals surface area contributed by atoms with Crippen molar-refractivity contribution in [3.63, 3.8) is 0 Å². The maximum absolute atomic E-state index is 6.24. The highest BCUT2D eigenvalue weighted by atomic mass is 35.5. The minimum Gasteiger partial charge on any atom is -0.462 e. The first-order valence-electron chi connectivity index (χ1n) is 7.96. The second kappa shape index (κ2) is 7.57. The minimum absolute atomic E-state index is 0.475. The normalized spacial score (nSPS) is 10.6. The van der Waals surface area contributed by atoms with E-state index in [9.17, 15) is 0 Å². The lowest BCUT2D eigenvalue weighted by molar-refractivity contribution is 0.581. The molecule has 0 atom stereocenters. The van der Waals surface area contributed by atoms with Gasteiger partial charge < -0.3 is 4.42 Å². The van der Waals surface area contributed by atoms with Gasteiger partial charge in [0.05, 0.1) is 24.1 Å². The van der Waals surface area contributed by atoms with Crippen LogP contribution in [0.3, 0.4) is 0 Å². The Morgan fingerprint density at radius 3 is 2.67 bits per heavy atom. The molecule has 0 aliphatic rings. The maximum atomic E-state index is 6.24. The summed E-state index contributed by atoms with van der Waals surface area (Å²) >= 11 is 13.9. The lowest BCUT2D eigenvalue weighted by atomic mass is 10.2. The average Bonchev–Trinajstić information content (AvgIpc) is 3.37. The summed E-state index contributed by atoms with van der Waals surface area (Å²) in [5, 5.41) is 15.2. The molecule has 4 rings (SSSR count). The number of halogens is 2. The molecule has 0 saturated carbocycles. The van der Waals surface area contributed by atoms with Gasteiger partial charge >= 0.3 is 0 Å². The van der Waals surface area contributed by atoms with E-state index in [4.69, 9.17) is 27.6 Å². The van der Waals surface area contributed by atoms with Crippen molar-refractivity contribution < 1.29 is 4.42 Å². The van der Waals surface area contributed by atoms with Crippen molar-refractivity contribution >= 4 is 34.5 Å². The largest absolute Gasteiger partial charge is 0.462 e. The zero-order valence-corrected chi connectivity index (χ0v) is 16.4. The molecule has 134 valence electrons. The second-order valence-corrected chi connectivity index (χ2v) is 7.46. The van der Waals surface area contributed by atoms with E-state index in [1.807, 2.05) is 43.5 Å². The number of nitrogens with zero attached hydrogens (tertiary/aromatic N) is 4. The van der Waals surface area contributed by atoms with Crippen LogP contribution >= 0.6 is 34.5 Å². The average molecular weight is 415 g/mol. The predicted molar refractivity (Wildman–Crippen MR) is 106 cm³/mol. The van der Waals surface area contributed by atoms with Crippen molar-refractivity contribution in [1.82, 2.24) is 20.0 Å². The van der Waals surface area contributed by atoms with E-state index in [1.54, 1.807) is 10.9 Å². The molecule has 0 radical (unpaired) electrons. The Morgan fingerprint density at radius 1 is 1.11 bits per heavy atom. The lowest BCUT2D eigenvalue weighted by Crippen LogP contribution is -2.01. The van der Waals surface area contributed by atoms with Crippen LogP contribution in [0.15, 0.2) is 47.2 Å². The van der Waals surface area contributed by atoms with Gasteiger partial charge in [0, 0.05) is 21.8 Å². The third-order valence-electron chi connectivity index (χ3n) is 3.79. The molecule has 0 fully saturated rings. The van der Waals surface area contributed by atoms with E-state index >= 15 is 0 Å². The van der Waals surface area contributed by atoms with Crippen LogP contribution in [0.1, 0.15) is 21.8 Å². The quantitative estimate of drug-likeness (QED) is 0.439. The van der Waals surface area contributed by atoms with Crippen LogP contribution in [-0.2, 0) is 6.54 Å². The van der Waals surface area contributed by atoms with Gasteiger partial charge in [0.25, 0.3) is 0 Å². The molecule has 27 heavy (non-hydrogen) atoms. The standard InChI is InChI=1S/C19H12Cl2N4OS/c1-12-13(7-8-18-22-23-19(27-18)17-6-3-9-26-17)10-25(24-12)11-14-15(20)4-2-5-16(14)21/h2-6,9-10H,11H2,1H3. The number of furan rings is 1. The Kier molecular flexibility index (Phi) is 4.99. The summed E-state index contributed by atoms with van der Waals surface area (Å²) in [5.74, 6) is 6.81. The molecular weight excluding hydrogens is 403 g/mol. The molecule has 0 saturated heterocycles. The van der Waals surface area contributed by atoms with Gasteiger partial charge in [-0.3, -0.25) is 4.68 Å². The number of aryl methyl sites for hydroxylation is 1. The molecule has 5 nitrogen and oxygen atoms in total. The summed E-state index contributed by atoms with van der Waals surface area (Å²) in [4.78, 5) is 0. The third kappa shape index (κ3) is 3.91. The van der Waals surface area contributed by atoms with Gasteiger partial charge in [-0.2, -0.15) is 5.10 Å². The fourth-order valence-electron chi connectivity index (χ4n) is 2.46. The SMILES string of the molecule is Cc1nn(Cc2c(Cl)cccc2Cl)cc1C#Cc1nnc(-c2ccco2)s1. The highest BCUT2D eigenvalue weighted by Crippen LogP contribution is 2.25. The van der Waals surface area contributed by atoms with E-state index in [0.717, 1.165) is 16.8 Å². The summed E-state index contributed by atoms with van der Waals surface area (Å²) in [7, 11) is 0. The number of benzene rings is 1. The molecule has 3 aromatic heterocycles. The first-order valence-corrected chi connectivity index (χ1v) is 9.54. The number of aromatic nitrogens is 4. The topological polar surface area (TPSA) is 56.7 Å². The molecule has 0 bridgehead atoms. The van der Waals surface area contributed by atoms with Crippen LogP contribution in [0.4, 0.5) is 0 Å². The van der Waals surface area contributed by atoms with Gasteiger partial charge in [-0.05, 0) is 37.1 Å². The Bertz CT molecular complexity index is 1130. The molecule has 0 amide bonds. The van der Waals surface area contributed by atoms with Crippen LogP contribution in [-0.4, -0.2) is 20.0 Å². The van der Waals surface area contributed by atoms with Crippen LogP contribution in [0.5, 0.6) is 0 Å². The van der Waals surface area contributed by atoms with E-state index in [2.05, 4.69) is 27.1 Å². The molecule has 0 aliphatic heterocycles. The van der Waals surface area contributed by atoms with Crippen molar-refractivity contribution in [3.8, 4) is 22.6 Å². The Labute approximate surface area is 169 Å². The second-order valence-electron chi connectivity index (χ2n) is 5.67. The summed E-state index contributed by atoms with van der Waals surface area (Å²) in [5.41, 5.74) is 2.46. The Morgan fingerprint density at radius 2 is 1.93 bits per heavy atom. The molecule has 4 aromatic rings. The monoisotopic (exact) mass is 414 g/mol. The van der Waals surface area contributed by atoms with Gasteiger partial charge in [0.1, 0.15) is 0 Å². The third-order valence-corrected chi connectivity index (χ3v) is 5.35. The van der Waals surface area contributed by atoms with Gasteiger partial charge in [0.2, 0.25) is 0 Å². The van der Waals surface area contributed by atoms with Gasteiger partial charge in [-0.25, -0.2) is 0 Å². The fourth-order valence-corrected chi connectivity index (χ4v) is 3.64. The minimum atomic E-state index is 0.475. The van der Waals surface area contributed by atoms with Crippen molar-refractivity contribution in [3.05, 3.63) is 74.7 Å². The van der Waals surface area contributed by atoms with Crippen molar-refractivity contribution in [2.75, 3.05) is 0 Å². The Balaban J connectivity index is 1.56. The smallest absolute Gasteiger partial charge is 0.191 e. The summed E-state index contributed by atoms with van der Waals surface area (Å²) in [6, 6.07) is 9.09. The maximum Gasteiger partial charge on any atom is 0.191 e. The van der Waals surface area contributed by atoms with Crippen LogP contribution in [0.25, 0.3) is 10.8 Å².